The van der Waals surface area contributed by atoms with Crippen LogP contribution in [-0.2, 0) is 0 Å². The van der Waals surface area contributed by atoms with Crippen molar-refractivity contribution < 1.29 is 9.53 Å². The van der Waals surface area contributed by atoms with Crippen molar-refractivity contribution in [1.29, 1.82) is 5.26 Å². The highest BCUT2D eigenvalue weighted by Gasteiger charge is 2.26. The summed E-state index contributed by atoms with van der Waals surface area (Å²) >= 11 is 0. The summed E-state index contributed by atoms with van der Waals surface area (Å²) < 4.78 is 5.27. The number of hydrogen-bond acceptors (Lipinski definition) is 3. The molecule has 0 aromatic heterocycles. The summed E-state index contributed by atoms with van der Waals surface area (Å²) in [4.78, 5) is 12.8. The van der Waals surface area contributed by atoms with Gasteiger partial charge in [-0.2, -0.15) is 5.26 Å². The standard InChI is InChI=1S/C18H17NO2/c1-12-7-6-8-13(2)17(12)18(20)15(11-19)14-9-4-5-10-16(14)21-3/h4-10,15H,1-3H3. The Labute approximate surface area is 124 Å². The summed E-state index contributed by atoms with van der Waals surface area (Å²) in [6.07, 6.45) is 0. The summed E-state index contributed by atoms with van der Waals surface area (Å²) in [5, 5.41) is 9.49. The Balaban J connectivity index is 2.52. The maximum Gasteiger partial charge on any atom is 0.185 e. The van der Waals surface area contributed by atoms with Gasteiger partial charge in [0.1, 0.15) is 11.7 Å². The van der Waals surface area contributed by atoms with Gasteiger partial charge in [0, 0.05) is 11.1 Å². The first kappa shape index (κ1) is 14.8. The van der Waals surface area contributed by atoms with Crippen LogP contribution in [0.3, 0.4) is 0 Å². The molecule has 2 rings (SSSR count). The summed E-state index contributed by atoms with van der Waals surface area (Å²) in [6.45, 7) is 3.77. The molecule has 2 aromatic rings. The Morgan fingerprint density at radius 1 is 1.10 bits per heavy atom. The molecule has 3 heteroatoms. The van der Waals surface area contributed by atoms with Crippen molar-refractivity contribution in [2.45, 2.75) is 19.8 Å². The fourth-order valence-electron chi connectivity index (χ4n) is 2.52. The van der Waals surface area contributed by atoms with Gasteiger partial charge in [-0.25, -0.2) is 0 Å². The third kappa shape index (κ3) is 2.80. The number of aryl methyl sites for hydroxylation is 2. The molecule has 0 aliphatic carbocycles. The minimum absolute atomic E-state index is 0.183. The Kier molecular flexibility index (Phi) is 4.39. The quantitative estimate of drug-likeness (QED) is 0.800. The average molecular weight is 279 g/mol. The summed E-state index contributed by atoms with van der Waals surface area (Å²) in [7, 11) is 1.54. The molecule has 3 nitrogen and oxygen atoms in total. The van der Waals surface area contributed by atoms with Crippen LogP contribution in [-0.4, -0.2) is 12.9 Å². The Morgan fingerprint density at radius 3 is 2.29 bits per heavy atom. The van der Waals surface area contributed by atoms with Gasteiger partial charge < -0.3 is 4.74 Å². The smallest absolute Gasteiger partial charge is 0.185 e. The highest BCUT2D eigenvalue weighted by molar-refractivity contribution is 6.05. The summed E-state index contributed by atoms with van der Waals surface area (Å²) in [5.41, 5.74) is 3.00. The lowest BCUT2D eigenvalue weighted by Gasteiger charge is -2.15. The minimum atomic E-state index is -0.860. The van der Waals surface area contributed by atoms with Crippen molar-refractivity contribution in [1.82, 2.24) is 0 Å². The fraction of sp³-hybridized carbons (Fsp3) is 0.222. The van der Waals surface area contributed by atoms with E-state index >= 15 is 0 Å². The average Bonchev–Trinajstić information content (AvgIpc) is 2.48. The molecule has 0 saturated heterocycles. The molecule has 0 aliphatic heterocycles. The molecule has 21 heavy (non-hydrogen) atoms. The Morgan fingerprint density at radius 2 is 1.71 bits per heavy atom. The van der Waals surface area contributed by atoms with Crippen molar-refractivity contribution in [3.63, 3.8) is 0 Å². The Hall–Kier alpha value is -2.60. The van der Waals surface area contributed by atoms with Crippen LogP contribution in [0.25, 0.3) is 0 Å². The second-order valence-corrected chi connectivity index (χ2v) is 4.94. The zero-order valence-corrected chi connectivity index (χ0v) is 12.4. The Bertz CT molecular complexity index is 693. The number of carbonyl (C=O) groups excluding carboxylic acids is 1. The molecule has 0 radical (unpaired) electrons. The molecule has 106 valence electrons. The van der Waals surface area contributed by atoms with Gasteiger partial charge in [-0.05, 0) is 31.0 Å². The number of ketones is 1. The van der Waals surface area contributed by atoms with Crippen molar-refractivity contribution in [3.05, 3.63) is 64.7 Å². The maximum atomic E-state index is 12.8. The number of nitriles is 1. The molecule has 0 amide bonds. The molecule has 0 heterocycles. The molecule has 0 spiro atoms. The van der Waals surface area contributed by atoms with Crippen LogP contribution < -0.4 is 4.74 Å². The van der Waals surface area contributed by atoms with Crippen LogP contribution in [0.5, 0.6) is 5.75 Å². The zero-order valence-electron chi connectivity index (χ0n) is 12.4. The SMILES string of the molecule is COc1ccccc1C(C#N)C(=O)c1c(C)cccc1C. The number of nitrogens with zero attached hydrogens (tertiary/aromatic N) is 1. The van der Waals surface area contributed by atoms with Gasteiger partial charge >= 0.3 is 0 Å². The van der Waals surface area contributed by atoms with Gasteiger partial charge in [0.05, 0.1) is 13.2 Å². The predicted octanol–water partition coefficient (Wildman–Crippen LogP) is 3.80. The van der Waals surface area contributed by atoms with Crippen molar-refractivity contribution in [2.24, 2.45) is 0 Å². The van der Waals surface area contributed by atoms with Crippen molar-refractivity contribution in [2.75, 3.05) is 7.11 Å². The van der Waals surface area contributed by atoms with Crippen LogP contribution in [0.15, 0.2) is 42.5 Å². The summed E-state index contributed by atoms with van der Waals surface area (Å²) in [5.74, 6) is -0.484. The van der Waals surface area contributed by atoms with Crippen molar-refractivity contribution >= 4 is 5.78 Å². The third-order valence-corrected chi connectivity index (χ3v) is 3.57. The van der Waals surface area contributed by atoms with Crippen LogP contribution >= 0.6 is 0 Å². The van der Waals surface area contributed by atoms with E-state index in [0.717, 1.165) is 11.1 Å². The predicted molar refractivity (Wildman–Crippen MR) is 81.6 cm³/mol. The van der Waals surface area contributed by atoms with Crippen LogP contribution in [0, 0.1) is 25.2 Å². The molecule has 0 aliphatic rings. The lowest BCUT2D eigenvalue weighted by molar-refractivity contribution is 0.0976. The first-order chi connectivity index (χ1) is 10.1. The second-order valence-electron chi connectivity index (χ2n) is 4.94. The van der Waals surface area contributed by atoms with Crippen LogP contribution in [0.1, 0.15) is 33.0 Å². The highest BCUT2D eigenvalue weighted by atomic mass is 16.5. The number of carbonyl (C=O) groups is 1. The van der Waals surface area contributed by atoms with Gasteiger partial charge in [0.15, 0.2) is 5.78 Å². The van der Waals surface area contributed by atoms with Crippen LogP contribution in [0.2, 0.25) is 0 Å². The van der Waals surface area contributed by atoms with E-state index in [-0.39, 0.29) is 5.78 Å². The summed E-state index contributed by atoms with van der Waals surface area (Å²) in [6, 6.07) is 14.9. The van der Waals surface area contributed by atoms with E-state index in [9.17, 15) is 10.1 Å². The first-order valence-electron chi connectivity index (χ1n) is 6.73. The fourth-order valence-corrected chi connectivity index (χ4v) is 2.52. The molecular formula is C18H17NO2. The van der Waals surface area contributed by atoms with E-state index in [0.29, 0.717) is 16.9 Å². The van der Waals surface area contributed by atoms with E-state index in [2.05, 4.69) is 6.07 Å². The van der Waals surface area contributed by atoms with E-state index in [1.165, 1.54) is 7.11 Å². The van der Waals surface area contributed by atoms with E-state index in [4.69, 9.17) is 4.74 Å². The topological polar surface area (TPSA) is 50.1 Å². The number of hydrogen-bond donors (Lipinski definition) is 0. The highest BCUT2D eigenvalue weighted by Crippen LogP contribution is 2.30. The van der Waals surface area contributed by atoms with E-state index in [1.807, 2.05) is 38.1 Å². The van der Waals surface area contributed by atoms with Gasteiger partial charge in [-0.1, -0.05) is 36.4 Å². The largest absolute Gasteiger partial charge is 0.496 e. The molecule has 1 unspecified atom stereocenters. The van der Waals surface area contributed by atoms with Gasteiger partial charge in [0.25, 0.3) is 0 Å². The number of methoxy groups -OCH3 is 1. The molecule has 0 N–H and O–H groups in total. The zero-order chi connectivity index (χ0) is 15.4. The number of rotatable bonds is 4. The maximum absolute atomic E-state index is 12.8. The number of ether oxygens (including phenoxy) is 1. The van der Waals surface area contributed by atoms with Gasteiger partial charge in [0.2, 0.25) is 0 Å². The number of para-hydroxylation sites is 1. The van der Waals surface area contributed by atoms with Crippen LogP contribution in [0.4, 0.5) is 0 Å². The van der Waals surface area contributed by atoms with Crippen molar-refractivity contribution in [3.8, 4) is 11.8 Å². The molecule has 0 saturated carbocycles. The molecular weight excluding hydrogens is 262 g/mol. The normalized spacial score (nSPS) is 11.5. The third-order valence-electron chi connectivity index (χ3n) is 3.57. The lowest BCUT2D eigenvalue weighted by atomic mass is 9.87. The lowest BCUT2D eigenvalue weighted by Crippen LogP contribution is -2.15. The van der Waals surface area contributed by atoms with Gasteiger partial charge in [-0.15, -0.1) is 0 Å². The monoisotopic (exact) mass is 279 g/mol. The molecule has 2 aromatic carbocycles. The van der Waals surface area contributed by atoms with Gasteiger partial charge in [-0.3, -0.25) is 4.79 Å². The molecule has 0 bridgehead atoms. The number of benzene rings is 2. The molecule has 1 atom stereocenters. The first-order valence-corrected chi connectivity index (χ1v) is 6.73. The minimum Gasteiger partial charge on any atom is -0.496 e. The second kappa shape index (κ2) is 6.23. The number of Topliss-reactive ketones (excluding diaryl/α,β-unsaturated/α-hetero) is 1. The molecule has 0 fully saturated rings. The van der Waals surface area contributed by atoms with E-state index in [1.54, 1.807) is 18.2 Å². The van der Waals surface area contributed by atoms with E-state index < -0.39 is 5.92 Å².